The third kappa shape index (κ3) is 5.18. The number of allylic oxidation sites excluding steroid dienone is 5. The molecule has 0 aromatic heterocycles. The van der Waals surface area contributed by atoms with Gasteiger partial charge in [-0.3, -0.25) is 4.99 Å². The van der Waals surface area contributed by atoms with Crippen LogP contribution in [0.4, 0.5) is 5.69 Å². The van der Waals surface area contributed by atoms with Crippen LogP contribution in [0.5, 0.6) is 0 Å². The first-order valence-corrected chi connectivity index (χ1v) is 7.64. The van der Waals surface area contributed by atoms with Crippen LogP contribution in [0, 0.1) is 6.92 Å². The summed E-state index contributed by atoms with van der Waals surface area (Å²) in [6.07, 6.45) is 8.35. The highest BCUT2D eigenvalue weighted by Crippen LogP contribution is 2.22. The first-order chi connectivity index (χ1) is 10.0. The third-order valence-corrected chi connectivity index (χ3v) is 3.53. The van der Waals surface area contributed by atoms with E-state index in [1.54, 1.807) is 0 Å². The lowest BCUT2D eigenvalue weighted by Gasteiger charge is -2.07. The van der Waals surface area contributed by atoms with Crippen LogP contribution in [0.3, 0.4) is 0 Å². The molecule has 0 saturated heterocycles. The van der Waals surface area contributed by atoms with Crippen LogP contribution in [0.25, 0.3) is 0 Å². The molecule has 0 aliphatic rings. The number of nitrogens with zero attached hydrogens (tertiary/aromatic N) is 1. The lowest BCUT2D eigenvalue weighted by molar-refractivity contribution is 0.921. The monoisotopic (exact) mass is 281 g/mol. The Kier molecular flexibility index (Phi) is 6.87. The number of benzene rings is 1. The summed E-state index contributed by atoms with van der Waals surface area (Å²) in [5.41, 5.74) is 6.98. The van der Waals surface area contributed by atoms with Crippen molar-refractivity contribution < 1.29 is 0 Å². The third-order valence-electron chi connectivity index (χ3n) is 3.53. The fourth-order valence-corrected chi connectivity index (χ4v) is 2.17. The number of rotatable bonds is 6. The van der Waals surface area contributed by atoms with Crippen LogP contribution in [-0.2, 0) is 6.42 Å². The van der Waals surface area contributed by atoms with Crippen molar-refractivity contribution in [2.75, 3.05) is 0 Å². The highest BCUT2D eigenvalue weighted by atomic mass is 14.7. The summed E-state index contributed by atoms with van der Waals surface area (Å²) >= 11 is 0. The van der Waals surface area contributed by atoms with Gasteiger partial charge >= 0.3 is 0 Å². The van der Waals surface area contributed by atoms with Gasteiger partial charge in [0.25, 0.3) is 0 Å². The SMILES string of the molecule is C=C/C(C)=C\C(=C/C)C(C)=Nc1cc(CCC)ccc1C. The molecule has 1 nitrogen and oxygen atoms in total. The van der Waals surface area contributed by atoms with Crippen molar-refractivity contribution >= 4 is 11.4 Å². The highest BCUT2D eigenvalue weighted by molar-refractivity contribution is 6.02. The van der Waals surface area contributed by atoms with Crippen LogP contribution in [-0.4, -0.2) is 5.71 Å². The molecule has 0 aliphatic heterocycles. The van der Waals surface area contributed by atoms with Gasteiger partial charge in [-0.15, -0.1) is 0 Å². The van der Waals surface area contributed by atoms with E-state index >= 15 is 0 Å². The van der Waals surface area contributed by atoms with Crippen molar-refractivity contribution in [2.24, 2.45) is 4.99 Å². The molecule has 21 heavy (non-hydrogen) atoms. The Bertz CT molecular complexity index is 586. The topological polar surface area (TPSA) is 12.4 Å². The van der Waals surface area contributed by atoms with Crippen molar-refractivity contribution in [1.82, 2.24) is 0 Å². The molecule has 0 spiro atoms. The average Bonchev–Trinajstić information content (AvgIpc) is 2.48. The fraction of sp³-hybridized carbons (Fsp3) is 0.350. The summed E-state index contributed by atoms with van der Waals surface area (Å²) in [7, 11) is 0. The molecule has 0 N–H and O–H groups in total. The zero-order valence-corrected chi connectivity index (χ0v) is 14.0. The lowest BCUT2D eigenvalue weighted by atomic mass is 10.1. The molecule has 0 fully saturated rings. The molecule has 0 unspecified atom stereocenters. The predicted molar refractivity (Wildman–Crippen MR) is 95.7 cm³/mol. The number of aryl methyl sites for hydroxylation is 2. The van der Waals surface area contributed by atoms with Crippen LogP contribution in [0.1, 0.15) is 45.2 Å². The molecule has 0 saturated carbocycles. The summed E-state index contributed by atoms with van der Waals surface area (Å²) in [6.45, 7) is 14.3. The first kappa shape index (κ1) is 17.2. The molecule has 1 rings (SSSR count). The van der Waals surface area contributed by atoms with E-state index in [9.17, 15) is 0 Å². The van der Waals surface area contributed by atoms with Gasteiger partial charge in [-0.2, -0.15) is 0 Å². The Morgan fingerprint density at radius 2 is 2.00 bits per heavy atom. The molecule has 1 heteroatoms. The molecule has 0 heterocycles. The standard InChI is InChI=1S/C20H27N/c1-7-10-18-12-11-16(5)20(14-18)21-17(6)19(9-3)13-15(4)8-2/h8-9,11-14H,2,7,10H2,1,3-6H3/b15-13-,19-9+,21-17?. The lowest BCUT2D eigenvalue weighted by Crippen LogP contribution is -1.95. The average molecular weight is 281 g/mol. The van der Waals surface area contributed by atoms with E-state index in [1.165, 1.54) is 11.1 Å². The van der Waals surface area contributed by atoms with Gasteiger partial charge < -0.3 is 0 Å². The second kappa shape index (κ2) is 8.41. The minimum absolute atomic E-state index is 1.04. The van der Waals surface area contributed by atoms with E-state index in [1.807, 2.05) is 13.0 Å². The second-order valence-electron chi connectivity index (χ2n) is 5.40. The summed E-state index contributed by atoms with van der Waals surface area (Å²) < 4.78 is 0. The maximum absolute atomic E-state index is 4.83. The Morgan fingerprint density at radius 3 is 2.57 bits per heavy atom. The zero-order valence-electron chi connectivity index (χ0n) is 14.0. The minimum atomic E-state index is 1.04. The Balaban J connectivity index is 3.16. The van der Waals surface area contributed by atoms with Gasteiger partial charge in [0.15, 0.2) is 0 Å². The molecule has 0 bridgehead atoms. The molecular formula is C20H27N. The van der Waals surface area contributed by atoms with Gasteiger partial charge in [0.1, 0.15) is 0 Å². The van der Waals surface area contributed by atoms with Gasteiger partial charge in [0.05, 0.1) is 5.69 Å². The molecule has 1 aromatic rings. The van der Waals surface area contributed by atoms with Crippen LogP contribution < -0.4 is 0 Å². The van der Waals surface area contributed by atoms with E-state index in [-0.39, 0.29) is 0 Å². The van der Waals surface area contributed by atoms with Crippen LogP contribution >= 0.6 is 0 Å². The van der Waals surface area contributed by atoms with Crippen molar-refractivity contribution in [3.05, 3.63) is 65.3 Å². The summed E-state index contributed by atoms with van der Waals surface area (Å²) in [6, 6.07) is 6.57. The zero-order chi connectivity index (χ0) is 15.8. The minimum Gasteiger partial charge on any atom is -0.253 e. The normalized spacial score (nSPS) is 13.5. The summed E-state index contributed by atoms with van der Waals surface area (Å²) in [4.78, 5) is 4.83. The van der Waals surface area contributed by atoms with Crippen molar-refractivity contribution in [2.45, 2.75) is 47.5 Å². The fourth-order valence-electron chi connectivity index (χ4n) is 2.17. The smallest absolute Gasteiger partial charge is 0.0664 e. The Morgan fingerprint density at radius 1 is 1.29 bits per heavy atom. The molecule has 1 aromatic carbocycles. The van der Waals surface area contributed by atoms with E-state index in [2.05, 4.69) is 64.6 Å². The van der Waals surface area contributed by atoms with E-state index < -0.39 is 0 Å². The van der Waals surface area contributed by atoms with Gasteiger partial charge in [-0.25, -0.2) is 0 Å². The van der Waals surface area contributed by atoms with Gasteiger partial charge in [0, 0.05) is 5.71 Å². The number of hydrogen-bond donors (Lipinski definition) is 0. The molecule has 0 atom stereocenters. The molecular weight excluding hydrogens is 254 g/mol. The molecule has 0 amide bonds. The van der Waals surface area contributed by atoms with Crippen LogP contribution in [0.15, 0.2) is 59.1 Å². The largest absolute Gasteiger partial charge is 0.253 e. The van der Waals surface area contributed by atoms with Crippen molar-refractivity contribution in [3.63, 3.8) is 0 Å². The summed E-state index contributed by atoms with van der Waals surface area (Å²) in [5, 5.41) is 0. The molecule has 112 valence electrons. The Hall–Kier alpha value is -1.89. The Labute approximate surface area is 129 Å². The van der Waals surface area contributed by atoms with Gasteiger partial charge in [0.2, 0.25) is 0 Å². The quantitative estimate of drug-likeness (QED) is 0.440. The number of hydrogen-bond acceptors (Lipinski definition) is 1. The number of aliphatic imine (C=N–C) groups is 1. The van der Waals surface area contributed by atoms with E-state index in [0.717, 1.165) is 35.4 Å². The van der Waals surface area contributed by atoms with Crippen molar-refractivity contribution in [3.8, 4) is 0 Å². The van der Waals surface area contributed by atoms with E-state index in [4.69, 9.17) is 4.99 Å². The van der Waals surface area contributed by atoms with Crippen molar-refractivity contribution in [1.29, 1.82) is 0 Å². The first-order valence-electron chi connectivity index (χ1n) is 7.64. The maximum atomic E-state index is 4.83. The highest BCUT2D eigenvalue weighted by Gasteiger charge is 2.02. The van der Waals surface area contributed by atoms with Crippen LogP contribution in [0.2, 0.25) is 0 Å². The van der Waals surface area contributed by atoms with Gasteiger partial charge in [-0.05, 0) is 56.9 Å². The van der Waals surface area contributed by atoms with E-state index in [0.29, 0.717) is 0 Å². The van der Waals surface area contributed by atoms with Gasteiger partial charge in [-0.1, -0.05) is 55.9 Å². The summed E-state index contributed by atoms with van der Waals surface area (Å²) in [5.74, 6) is 0. The maximum Gasteiger partial charge on any atom is 0.0664 e. The molecule has 0 aliphatic carbocycles. The predicted octanol–water partition coefficient (Wildman–Crippen LogP) is 6.12. The second-order valence-corrected chi connectivity index (χ2v) is 5.40. The molecule has 0 radical (unpaired) electrons.